The van der Waals surface area contributed by atoms with Gasteiger partial charge in [-0.3, -0.25) is 4.79 Å². The molecule has 0 saturated heterocycles. The van der Waals surface area contributed by atoms with Gasteiger partial charge in [0.25, 0.3) is 5.91 Å². The fourth-order valence-corrected chi connectivity index (χ4v) is 2.49. The predicted octanol–water partition coefficient (Wildman–Crippen LogP) is 1.50. The van der Waals surface area contributed by atoms with Crippen molar-refractivity contribution in [1.82, 2.24) is 0 Å². The van der Waals surface area contributed by atoms with E-state index in [4.69, 9.17) is 0 Å². The Labute approximate surface area is 125 Å². The molecule has 1 aliphatic rings. The Balaban J connectivity index is 2.29. The van der Waals surface area contributed by atoms with E-state index in [0.29, 0.717) is 0 Å². The van der Waals surface area contributed by atoms with Crippen molar-refractivity contribution in [2.24, 2.45) is 0 Å². The maximum absolute atomic E-state index is 12.7. The van der Waals surface area contributed by atoms with Crippen LogP contribution in [-0.4, -0.2) is 39.5 Å². The predicted molar refractivity (Wildman–Crippen MR) is 79.9 cm³/mol. The molecule has 1 heterocycles. The molecule has 1 amide bonds. The van der Waals surface area contributed by atoms with E-state index < -0.39 is 5.91 Å². The summed E-state index contributed by atoms with van der Waals surface area (Å²) in [5.41, 5.74) is 0.741. The number of nitrogens with zero attached hydrogens (tertiary/aromatic N) is 1. The standard InChI is InChI=1S/C15H14N2O5/c18-5-4-17-10-6-8(19)7-12(21)14(10)16-13-9(15(17)22)2-1-3-11(13)20/h1-3,6-7,16,18-21H,4-5H2. The summed E-state index contributed by atoms with van der Waals surface area (Å²) in [6.45, 7) is -0.318. The number of phenolic OH excluding ortho intramolecular Hbond substituents is 3. The Morgan fingerprint density at radius 1 is 1.05 bits per heavy atom. The van der Waals surface area contributed by atoms with Crippen LogP contribution < -0.4 is 10.2 Å². The van der Waals surface area contributed by atoms with Gasteiger partial charge in [0.1, 0.15) is 22.9 Å². The Morgan fingerprint density at radius 3 is 2.55 bits per heavy atom. The maximum atomic E-state index is 12.7. The SMILES string of the molecule is O=C1c2cccc(O)c2Nc2c(O)cc(O)cc2N1CCO. The third-order valence-corrected chi connectivity index (χ3v) is 3.46. The van der Waals surface area contributed by atoms with Gasteiger partial charge in [0.05, 0.1) is 23.5 Å². The van der Waals surface area contributed by atoms with Crippen LogP contribution in [0.5, 0.6) is 17.2 Å². The zero-order valence-corrected chi connectivity index (χ0v) is 11.4. The van der Waals surface area contributed by atoms with E-state index in [1.54, 1.807) is 0 Å². The minimum atomic E-state index is -0.462. The summed E-state index contributed by atoms with van der Waals surface area (Å²) in [6, 6.07) is 6.89. The topological polar surface area (TPSA) is 113 Å². The summed E-state index contributed by atoms with van der Waals surface area (Å²) in [5.74, 6) is -1.10. The lowest BCUT2D eigenvalue weighted by molar-refractivity contribution is 0.0982. The number of hydrogen-bond donors (Lipinski definition) is 5. The lowest BCUT2D eigenvalue weighted by Gasteiger charge is -2.22. The van der Waals surface area contributed by atoms with Gasteiger partial charge in [0.2, 0.25) is 0 Å². The molecule has 0 bridgehead atoms. The molecule has 2 aromatic carbocycles. The van der Waals surface area contributed by atoms with Crippen LogP contribution in [0.1, 0.15) is 10.4 Å². The second-order valence-corrected chi connectivity index (χ2v) is 4.86. The first-order chi connectivity index (χ1) is 10.5. The number of aliphatic hydroxyl groups is 1. The molecule has 0 aromatic heterocycles. The molecule has 0 atom stereocenters. The largest absolute Gasteiger partial charge is 0.508 e. The number of carbonyl (C=O) groups is 1. The average Bonchev–Trinajstić information content (AvgIpc) is 2.58. The first kappa shape index (κ1) is 14.0. The molecule has 0 fully saturated rings. The summed E-state index contributed by atoms with van der Waals surface area (Å²) in [4.78, 5) is 13.9. The quantitative estimate of drug-likeness (QED) is 0.424. The molecule has 7 heteroatoms. The smallest absolute Gasteiger partial charge is 0.260 e. The van der Waals surface area contributed by atoms with Crippen LogP contribution in [0.25, 0.3) is 0 Å². The molecule has 0 radical (unpaired) electrons. The summed E-state index contributed by atoms with van der Waals surface area (Å²) in [5, 5.41) is 41.7. The minimum Gasteiger partial charge on any atom is -0.508 e. The number of hydrogen-bond acceptors (Lipinski definition) is 6. The number of rotatable bonds is 2. The van der Waals surface area contributed by atoms with Crippen LogP contribution >= 0.6 is 0 Å². The van der Waals surface area contributed by atoms with Crippen LogP contribution in [0, 0.1) is 0 Å². The highest BCUT2D eigenvalue weighted by atomic mass is 16.3. The Hall–Kier alpha value is -2.93. The minimum absolute atomic E-state index is 0.0223. The third kappa shape index (κ3) is 2.08. The lowest BCUT2D eigenvalue weighted by Crippen LogP contribution is -2.33. The van der Waals surface area contributed by atoms with Crippen LogP contribution in [0.2, 0.25) is 0 Å². The number of fused-ring (bicyclic) bond motifs is 2. The van der Waals surface area contributed by atoms with Crippen molar-refractivity contribution in [1.29, 1.82) is 0 Å². The van der Waals surface area contributed by atoms with Crippen LogP contribution in [0.3, 0.4) is 0 Å². The van der Waals surface area contributed by atoms with Gasteiger partial charge in [-0.05, 0) is 12.1 Å². The molecular weight excluding hydrogens is 288 g/mol. The van der Waals surface area contributed by atoms with Crippen molar-refractivity contribution >= 4 is 23.0 Å². The Kier molecular flexibility index (Phi) is 3.26. The van der Waals surface area contributed by atoms with Crippen molar-refractivity contribution in [3.8, 4) is 17.2 Å². The van der Waals surface area contributed by atoms with Gasteiger partial charge < -0.3 is 30.6 Å². The first-order valence-corrected chi connectivity index (χ1v) is 6.60. The molecule has 1 aliphatic heterocycles. The lowest BCUT2D eigenvalue weighted by atomic mass is 10.1. The highest BCUT2D eigenvalue weighted by Gasteiger charge is 2.29. The Morgan fingerprint density at radius 2 is 1.82 bits per heavy atom. The van der Waals surface area contributed by atoms with Gasteiger partial charge in [0, 0.05) is 18.7 Å². The summed E-state index contributed by atoms with van der Waals surface area (Å²) >= 11 is 0. The second-order valence-electron chi connectivity index (χ2n) is 4.86. The zero-order valence-electron chi connectivity index (χ0n) is 11.4. The van der Waals surface area contributed by atoms with Crippen LogP contribution in [0.4, 0.5) is 17.1 Å². The zero-order chi connectivity index (χ0) is 15.9. The number of para-hydroxylation sites is 1. The second kappa shape index (κ2) is 5.12. The normalized spacial score (nSPS) is 13.1. The molecule has 0 spiro atoms. The molecule has 0 unspecified atom stereocenters. The van der Waals surface area contributed by atoms with Gasteiger partial charge >= 0.3 is 0 Å². The number of aromatic hydroxyl groups is 3. The molecule has 5 N–H and O–H groups in total. The molecular formula is C15H14N2O5. The van der Waals surface area contributed by atoms with Gasteiger partial charge in [-0.1, -0.05) is 6.07 Å². The third-order valence-electron chi connectivity index (χ3n) is 3.46. The Bertz CT molecular complexity index is 760. The molecule has 0 saturated carbocycles. The highest BCUT2D eigenvalue weighted by Crippen LogP contribution is 2.45. The molecule has 3 rings (SSSR count). The fourth-order valence-electron chi connectivity index (χ4n) is 2.49. The van der Waals surface area contributed by atoms with E-state index in [0.717, 1.165) is 6.07 Å². The maximum Gasteiger partial charge on any atom is 0.260 e. The number of benzene rings is 2. The van der Waals surface area contributed by atoms with Crippen molar-refractivity contribution in [2.75, 3.05) is 23.4 Å². The fraction of sp³-hybridized carbons (Fsp3) is 0.133. The molecule has 0 aliphatic carbocycles. The van der Waals surface area contributed by atoms with Crippen LogP contribution in [-0.2, 0) is 0 Å². The first-order valence-electron chi connectivity index (χ1n) is 6.60. The van der Waals surface area contributed by atoms with Crippen molar-refractivity contribution < 1.29 is 25.2 Å². The van der Waals surface area contributed by atoms with Crippen molar-refractivity contribution in [3.63, 3.8) is 0 Å². The number of aliphatic hydroxyl groups excluding tert-OH is 1. The van der Waals surface area contributed by atoms with Crippen molar-refractivity contribution in [3.05, 3.63) is 35.9 Å². The van der Waals surface area contributed by atoms with Crippen LogP contribution in [0.15, 0.2) is 30.3 Å². The van der Waals surface area contributed by atoms with Gasteiger partial charge in [-0.15, -0.1) is 0 Å². The molecule has 114 valence electrons. The monoisotopic (exact) mass is 302 g/mol. The number of nitrogens with one attached hydrogen (secondary N) is 1. The van der Waals surface area contributed by atoms with E-state index in [2.05, 4.69) is 5.32 Å². The van der Waals surface area contributed by atoms with E-state index in [1.165, 1.54) is 29.2 Å². The number of anilines is 3. The number of β-amino-alcohol motifs (C(OH)–C–C–N with tert-alkyl or cyclic N) is 1. The molecule has 2 aromatic rings. The van der Waals surface area contributed by atoms with E-state index >= 15 is 0 Å². The summed E-state index contributed by atoms with van der Waals surface area (Å²) in [6.07, 6.45) is 0. The van der Waals surface area contributed by atoms with E-state index in [9.17, 15) is 25.2 Å². The average molecular weight is 302 g/mol. The van der Waals surface area contributed by atoms with Gasteiger partial charge in [-0.25, -0.2) is 0 Å². The molecule has 7 nitrogen and oxygen atoms in total. The van der Waals surface area contributed by atoms with Gasteiger partial charge in [0.15, 0.2) is 0 Å². The van der Waals surface area contributed by atoms with E-state index in [1.807, 2.05) is 0 Å². The highest BCUT2D eigenvalue weighted by molar-refractivity contribution is 6.15. The summed E-state index contributed by atoms with van der Waals surface area (Å²) in [7, 11) is 0. The van der Waals surface area contributed by atoms with E-state index in [-0.39, 0.29) is 53.0 Å². The molecule has 22 heavy (non-hydrogen) atoms. The number of amides is 1. The van der Waals surface area contributed by atoms with Gasteiger partial charge in [-0.2, -0.15) is 0 Å². The van der Waals surface area contributed by atoms with Crippen molar-refractivity contribution in [2.45, 2.75) is 0 Å². The number of phenols is 3. The number of carbonyl (C=O) groups excluding carboxylic acids is 1. The summed E-state index contributed by atoms with van der Waals surface area (Å²) < 4.78 is 0.